The Morgan fingerprint density at radius 1 is 0.541 bits per heavy atom. The Labute approximate surface area is 364 Å². The number of carbonyl (C=O) groups is 2. The summed E-state index contributed by atoms with van der Waals surface area (Å²) < 4.78 is 47.6. The lowest BCUT2D eigenvalue weighted by molar-refractivity contribution is -0.161. The second-order valence-electron chi connectivity index (χ2n) is 14.7. The molecule has 0 saturated carbocycles. The summed E-state index contributed by atoms with van der Waals surface area (Å²) in [6.07, 6.45) is 35.3. The van der Waals surface area contributed by atoms with Crippen molar-refractivity contribution < 1.29 is 71.8 Å². The lowest BCUT2D eigenvalue weighted by atomic mass is 10.1. The van der Waals surface area contributed by atoms with E-state index in [-0.39, 0.29) is 25.7 Å². The van der Waals surface area contributed by atoms with E-state index in [9.17, 15) is 38.9 Å². The lowest BCUT2D eigenvalue weighted by Gasteiger charge is -2.20. The molecule has 15 nitrogen and oxygen atoms in total. The Morgan fingerprint density at radius 2 is 1.03 bits per heavy atom. The van der Waals surface area contributed by atoms with E-state index in [2.05, 4.69) is 47.2 Å². The number of carbonyl (C=O) groups excluding carboxylic acids is 2. The molecule has 0 aliphatic rings. The highest BCUT2D eigenvalue weighted by atomic mass is 31.2. The van der Waals surface area contributed by atoms with Crippen LogP contribution in [0.2, 0.25) is 0 Å². The highest BCUT2D eigenvalue weighted by molar-refractivity contribution is 7.47. The predicted octanol–water partition coefficient (Wildman–Crippen LogP) is 8.95. The fraction of sp³-hybridized carbons (Fsp3) is 0.682. The van der Waals surface area contributed by atoms with Crippen LogP contribution in [0.25, 0.3) is 0 Å². The van der Waals surface area contributed by atoms with Gasteiger partial charge < -0.3 is 39.5 Å². The molecule has 17 heteroatoms. The maximum absolute atomic E-state index is 12.7. The normalized spacial score (nSPS) is 15.7. The number of rotatable bonds is 40. The molecule has 0 aliphatic heterocycles. The number of aliphatic hydroxyl groups is 3. The minimum atomic E-state index is -4.89. The van der Waals surface area contributed by atoms with Crippen LogP contribution in [0, 0.1) is 0 Å². The average molecular weight is 907 g/mol. The quantitative estimate of drug-likeness (QED) is 0.0146. The van der Waals surface area contributed by atoms with Crippen molar-refractivity contribution in [2.45, 2.75) is 167 Å². The smallest absolute Gasteiger partial charge is 0.462 e. The van der Waals surface area contributed by atoms with Crippen LogP contribution in [0.15, 0.2) is 72.9 Å². The predicted molar refractivity (Wildman–Crippen MR) is 237 cm³/mol. The van der Waals surface area contributed by atoms with Gasteiger partial charge in [0.15, 0.2) is 6.10 Å². The molecule has 0 spiro atoms. The number of unbranched alkanes of at least 4 members (excludes halogenated alkanes) is 11. The number of hydrogen-bond donors (Lipinski definition) is 6. The molecule has 5 atom stereocenters. The molecule has 0 aromatic heterocycles. The van der Waals surface area contributed by atoms with Gasteiger partial charge in [-0.05, 0) is 57.8 Å². The van der Waals surface area contributed by atoms with E-state index in [0.717, 1.165) is 64.2 Å². The zero-order valence-corrected chi connectivity index (χ0v) is 38.2. The van der Waals surface area contributed by atoms with Crippen molar-refractivity contribution in [2.75, 3.05) is 26.4 Å². The fourth-order valence-electron chi connectivity index (χ4n) is 5.37. The minimum Gasteiger partial charge on any atom is -0.462 e. The first-order valence-electron chi connectivity index (χ1n) is 21.9. The van der Waals surface area contributed by atoms with Crippen LogP contribution in [0.5, 0.6) is 0 Å². The Hall–Kier alpha value is -2.52. The number of ether oxygens (including phenoxy) is 2. The molecule has 6 N–H and O–H groups in total. The zero-order chi connectivity index (χ0) is 45.5. The number of esters is 2. The summed E-state index contributed by atoms with van der Waals surface area (Å²) in [7, 11) is -9.76. The molecule has 0 radical (unpaired) electrons. The Morgan fingerprint density at radius 3 is 1.64 bits per heavy atom. The van der Waals surface area contributed by atoms with Crippen molar-refractivity contribution in [1.82, 2.24) is 0 Å². The minimum absolute atomic E-state index is 0.0599. The highest BCUT2D eigenvalue weighted by Crippen LogP contribution is 2.43. The number of phosphoric ester groups is 2. The van der Waals surface area contributed by atoms with Crippen LogP contribution in [0.1, 0.15) is 142 Å². The molecule has 0 bridgehead atoms. The van der Waals surface area contributed by atoms with Crippen molar-refractivity contribution in [3.05, 3.63) is 72.9 Å². The second-order valence-corrected chi connectivity index (χ2v) is 17.4. The molecular formula is C44H76O15P2. The molecular weight excluding hydrogens is 830 g/mol. The third-order valence-electron chi connectivity index (χ3n) is 8.79. The van der Waals surface area contributed by atoms with Crippen molar-refractivity contribution in [2.24, 2.45) is 0 Å². The Kier molecular flexibility index (Phi) is 37.5. The van der Waals surface area contributed by atoms with Gasteiger partial charge in [-0.1, -0.05) is 145 Å². The Balaban J connectivity index is 4.78. The number of hydrogen-bond acceptors (Lipinski definition) is 12. The van der Waals surface area contributed by atoms with Gasteiger partial charge in [0.2, 0.25) is 0 Å². The van der Waals surface area contributed by atoms with E-state index < -0.39 is 78.4 Å². The second kappa shape index (κ2) is 39.1. The SMILES string of the molecule is CCCCCC/C=C\C=C/CCCCCCCC(=O)O[C@H](COC(=O)CCC[C@@H](O)/C=C/C=C\C/C=C\C=C\[C@@H](O)CCCCC)COP(=O)(O)OC[C@@H](O)COP(=O)(O)O. The molecule has 352 valence electrons. The van der Waals surface area contributed by atoms with E-state index in [1.165, 1.54) is 25.7 Å². The standard InChI is InChI=1S/C44H76O15P2/c1-3-5-7-8-9-10-11-12-13-14-15-16-20-23-27-33-44(49)59-42(38-58-61(53,54)57-36-41(47)35-56-60(50,51)52)37-55-43(48)34-28-32-40(46)31-26-22-19-17-18-21-25-30-39(45)29-24-6-4-2/h10-13,18-19,21-22,25-26,30-31,39-42,45-47H,3-9,14-17,20,23-24,27-29,32-38H2,1-2H3,(H,53,54)(H2,50,51,52)/b11-10-,13-12-,21-18-,22-19-,30-25+,31-26+/t39-,40-,41-,42+/m0/s1. The van der Waals surface area contributed by atoms with E-state index in [0.29, 0.717) is 12.8 Å². The van der Waals surface area contributed by atoms with Crippen LogP contribution in [0.4, 0.5) is 0 Å². The van der Waals surface area contributed by atoms with Gasteiger partial charge in [-0.25, -0.2) is 9.13 Å². The van der Waals surface area contributed by atoms with Crippen LogP contribution < -0.4 is 0 Å². The van der Waals surface area contributed by atoms with Gasteiger partial charge in [-0.3, -0.25) is 23.2 Å². The summed E-state index contributed by atoms with van der Waals surface area (Å²) in [5.74, 6) is -1.28. The van der Waals surface area contributed by atoms with E-state index in [1.54, 1.807) is 24.3 Å². The summed E-state index contributed by atoms with van der Waals surface area (Å²) in [6.45, 7) is 1.35. The number of allylic oxidation sites excluding steroid dienone is 10. The molecule has 61 heavy (non-hydrogen) atoms. The number of aliphatic hydroxyl groups excluding tert-OH is 3. The molecule has 0 aromatic carbocycles. The average Bonchev–Trinajstić information content (AvgIpc) is 3.21. The van der Waals surface area contributed by atoms with Gasteiger partial charge in [0.1, 0.15) is 12.7 Å². The summed E-state index contributed by atoms with van der Waals surface area (Å²) in [5, 5.41) is 29.9. The summed E-state index contributed by atoms with van der Waals surface area (Å²) in [6, 6.07) is 0. The fourth-order valence-corrected chi connectivity index (χ4v) is 6.53. The molecule has 1 unspecified atom stereocenters. The molecule has 0 rings (SSSR count). The molecule has 0 aliphatic carbocycles. The van der Waals surface area contributed by atoms with Gasteiger partial charge in [0.05, 0.1) is 32.0 Å². The maximum atomic E-state index is 12.7. The van der Waals surface area contributed by atoms with Crippen LogP contribution in [-0.2, 0) is 41.8 Å². The van der Waals surface area contributed by atoms with Crippen molar-refractivity contribution >= 4 is 27.6 Å². The van der Waals surface area contributed by atoms with Crippen LogP contribution in [-0.4, -0.2) is 92.8 Å². The van der Waals surface area contributed by atoms with E-state index in [1.807, 2.05) is 24.3 Å². The monoisotopic (exact) mass is 906 g/mol. The third-order valence-corrected chi connectivity index (χ3v) is 10.2. The maximum Gasteiger partial charge on any atom is 0.472 e. The molecule has 0 heterocycles. The molecule has 0 amide bonds. The summed E-state index contributed by atoms with van der Waals surface area (Å²) >= 11 is 0. The van der Waals surface area contributed by atoms with Crippen LogP contribution in [0.3, 0.4) is 0 Å². The van der Waals surface area contributed by atoms with E-state index >= 15 is 0 Å². The zero-order valence-electron chi connectivity index (χ0n) is 36.5. The van der Waals surface area contributed by atoms with Gasteiger partial charge in [0.25, 0.3) is 0 Å². The van der Waals surface area contributed by atoms with Gasteiger partial charge >= 0.3 is 27.6 Å². The molecule has 0 saturated heterocycles. The van der Waals surface area contributed by atoms with Crippen molar-refractivity contribution in [3.63, 3.8) is 0 Å². The summed E-state index contributed by atoms with van der Waals surface area (Å²) in [4.78, 5) is 52.7. The van der Waals surface area contributed by atoms with Crippen molar-refractivity contribution in [1.29, 1.82) is 0 Å². The van der Waals surface area contributed by atoms with E-state index in [4.69, 9.17) is 23.8 Å². The van der Waals surface area contributed by atoms with Gasteiger partial charge in [0, 0.05) is 12.8 Å². The van der Waals surface area contributed by atoms with Crippen molar-refractivity contribution in [3.8, 4) is 0 Å². The first-order valence-corrected chi connectivity index (χ1v) is 24.9. The topological polar surface area (TPSA) is 236 Å². The summed E-state index contributed by atoms with van der Waals surface area (Å²) in [5.41, 5.74) is 0. The lowest BCUT2D eigenvalue weighted by Crippen LogP contribution is -2.30. The molecule has 0 aromatic rings. The third kappa shape index (κ3) is 42.6. The first-order chi connectivity index (χ1) is 29.2. The van der Waals surface area contributed by atoms with Gasteiger partial charge in [-0.15, -0.1) is 0 Å². The molecule has 0 fully saturated rings. The van der Waals surface area contributed by atoms with Crippen LogP contribution >= 0.6 is 15.6 Å². The number of phosphoric acid groups is 2. The van der Waals surface area contributed by atoms with Gasteiger partial charge in [-0.2, -0.15) is 0 Å². The first kappa shape index (κ1) is 58.5. The highest BCUT2D eigenvalue weighted by Gasteiger charge is 2.28. The Bertz CT molecular complexity index is 1390. The largest absolute Gasteiger partial charge is 0.472 e.